The second-order valence-electron chi connectivity index (χ2n) is 4.94. The molecule has 0 atom stereocenters. The van der Waals surface area contributed by atoms with Crippen molar-refractivity contribution in [2.24, 2.45) is 0 Å². The van der Waals surface area contributed by atoms with Gasteiger partial charge in [0.2, 0.25) is 5.91 Å². The smallest absolute Gasteiger partial charge is 0.234 e. The standard InChI is InChI=1S/C18H13ClINOS/c19-15-8-1-4-12-5-2-9-16(18(12)15)23-11-17(22)21-14-7-3-6-13(20)10-14/h1-10H,11H2,(H,21,22). The Morgan fingerprint density at radius 3 is 2.61 bits per heavy atom. The Labute approximate surface area is 157 Å². The van der Waals surface area contributed by atoms with Crippen LogP contribution in [0.5, 0.6) is 0 Å². The van der Waals surface area contributed by atoms with Crippen LogP contribution in [-0.4, -0.2) is 11.7 Å². The highest BCUT2D eigenvalue weighted by Gasteiger charge is 2.08. The third-order valence-electron chi connectivity index (χ3n) is 3.28. The topological polar surface area (TPSA) is 29.1 Å². The molecule has 0 aliphatic heterocycles. The number of carbonyl (C=O) groups is 1. The lowest BCUT2D eigenvalue weighted by Crippen LogP contribution is -2.14. The van der Waals surface area contributed by atoms with Crippen LogP contribution in [0.25, 0.3) is 10.8 Å². The van der Waals surface area contributed by atoms with E-state index in [9.17, 15) is 4.79 Å². The molecule has 116 valence electrons. The summed E-state index contributed by atoms with van der Waals surface area (Å²) in [4.78, 5) is 13.2. The minimum atomic E-state index is -0.0268. The highest BCUT2D eigenvalue weighted by atomic mass is 127. The van der Waals surface area contributed by atoms with E-state index in [1.807, 2.05) is 60.7 Å². The molecule has 0 aliphatic carbocycles. The molecular weight excluding hydrogens is 441 g/mol. The van der Waals surface area contributed by atoms with E-state index in [1.54, 1.807) is 0 Å². The minimum absolute atomic E-state index is 0.0268. The number of hydrogen-bond donors (Lipinski definition) is 1. The highest BCUT2D eigenvalue weighted by Crippen LogP contribution is 2.33. The van der Waals surface area contributed by atoms with Crippen molar-refractivity contribution in [3.05, 3.63) is 69.3 Å². The second-order valence-corrected chi connectivity index (χ2v) is 7.61. The van der Waals surface area contributed by atoms with Crippen molar-refractivity contribution in [3.63, 3.8) is 0 Å². The van der Waals surface area contributed by atoms with E-state index in [0.717, 1.165) is 24.9 Å². The molecule has 1 N–H and O–H groups in total. The van der Waals surface area contributed by atoms with Gasteiger partial charge in [0, 0.05) is 24.6 Å². The van der Waals surface area contributed by atoms with Crippen LogP contribution in [0.3, 0.4) is 0 Å². The Morgan fingerprint density at radius 1 is 1.09 bits per heavy atom. The number of nitrogens with one attached hydrogen (secondary N) is 1. The van der Waals surface area contributed by atoms with Crippen molar-refractivity contribution in [1.82, 2.24) is 0 Å². The molecule has 0 aromatic heterocycles. The number of thioether (sulfide) groups is 1. The van der Waals surface area contributed by atoms with Crippen molar-refractivity contribution in [1.29, 1.82) is 0 Å². The quantitative estimate of drug-likeness (QED) is 0.398. The molecule has 0 radical (unpaired) electrons. The first kappa shape index (κ1) is 16.6. The van der Waals surface area contributed by atoms with Gasteiger partial charge in [-0.25, -0.2) is 0 Å². The number of halogens is 2. The van der Waals surface area contributed by atoms with E-state index in [1.165, 1.54) is 11.8 Å². The van der Waals surface area contributed by atoms with Gasteiger partial charge in [-0.2, -0.15) is 0 Å². The first-order valence-corrected chi connectivity index (χ1v) is 9.43. The summed E-state index contributed by atoms with van der Waals surface area (Å²) in [5.41, 5.74) is 0.818. The van der Waals surface area contributed by atoms with Crippen LogP contribution in [0.1, 0.15) is 0 Å². The Bertz CT molecular complexity index is 863. The average molecular weight is 454 g/mol. The van der Waals surface area contributed by atoms with Gasteiger partial charge in [0.1, 0.15) is 0 Å². The number of carbonyl (C=O) groups excluding carboxylic acids is 1. The van der Waals surface area contributed by atoms with Crippen LogP contribution in [0.2, 0.25) is 5.02 Å². The summed E-state index contributed by atoms with van der Waals surface area (Å²) in [6.45, 7) is 0. The summed E-state index contributed by atoms with van der Waals surface area (Å²) in [5.74, 6) is 0.316. The molecule has 0 saturated heterocycles. The molecule has 23 heavy (non-hydrogen) atoms. The first-order valence-electron chi connectivity index (χ1n) is 6.99. The van der Waals surface area contributed by atoms with E-state index in [-0.39, 0.29) is 5.91 Å². The minimum Gasteiger partial charge on any atom is -0.325 e. The first-order chi connectivity index (χ1) is 11.1. The molecule has 1 amide bonds. The number of amides is 1. The maximum atomic E-state index is 12.2. The third-order valence-corrected chi connectivity index (χ3v) is 5.33. The van der Waals surface area contributed by atoms with Gasteiger partial charge in [-0.05, 0) is 58.3 Å². The molecule has 0 saturated carbocycles. The molecular formula is C18H13ClINOS. The molecule has 0 unspecified atom stereocenters. The summed E-state index contributed by atoms with van der Waals surface area (Å²) >= 11 is 10.0. The van der Waals surface area contributed by atoms with E-state index in [2.05, 4.69) is 27.9 Å². The molecule has 5 heteroatoms. The molecule has 2 nitrogen and oxygen atoms in total. The van der Waals surface area contributed by atoms with Gasteiger partial charge in [0.05, 0.1) is 5.75 Å². The van der Waals surface area contributed by atoms with Crippen LogP contribution in [0, 0.1) is 3.57 Å². The van der Waals surface area contributed by atoms with Gasteiger partial charge in [-0.15, -0.1) is 11.8 Å². The van der Waals surface area contributed by atoms with Crippen molar-refractivity contribution >= 4 is 68.3 Å². The van der Waals surface area contributed by atoms with Crippen LogP contribution in [0.15, 0.2) is 65.6 Å². The van der Waals surface area contributed by atoms with Gasteiger partial charge < -0.3 is 5.32 Å². The molecule has 0 spiro atoms. The normalized spacial score (nSPS) is 10.7. The predicted octanol–water partition coefficient (Wildman–Crippen LogP) is 5.83. The zero-order valence-corrected chi connectivity index (χ0v) is 15.8. The van der Waals surface area contributed by atoms with E-state index in [4.69, 9.17) is 11.6 Å². The highest BCUT2D eigenvalue weighted by molar-refractivity contribution is 14.1. The summed E-state index contributed by atoms with van der Waals surface area (Å²) in [7, 11) is 0. The zero-order chi connectivity index (χ0) is 16.2. The third kappa shape index (κ3) is 4.19. The van der Waals surface area contributed by atoms with E-state index >= 15 is 0 Å². The van der Waals surface area contributed by atoms with E-state index in [0.29, 0.717) is 10.8 Å². The van der Waals surface area contributed by atoms with Crippen LogP contribution < -0.4 is 5.32 Å². The van der Waals surface area contributed by atoms with Gasteiger partial charge in [-0.1, -0.05) is 41.9 Å². The van der Waals surface area contributed by atoms with Crippen LogP contribution >= 0.6 is 46.0 Å². The molecule has 0 heterocycles. The fraction of sp³-hybridized carbons (Fsp3) is 0.0556. The summed E-state index contributed by atoms with van der Waals surface area (Å²) in [6, 6.07) is 19.6. The Balaban J connectivity index is 1.72. The number of benzene rings is 3. The van der Waals surface area contributed by atoms with Crippen LogP contribution in [-0.2, 0) is 4.79 Å². The molecule has 0 aliphatic rings. The van der Waals surface area contributed by atoms with Crippen molar-refractivity contribution in [3.8, 4) is 0 Å². The SMILES string of the molecule is O=C(CSc1cccc2cccc(Cl)c12)Nc1cccc(I)c1. The fourth-order valence-corrected chi connectivity index (χ4v) is 4.08. The van der Waals surface area contributed by atoms with Gasteiger partial charge in [0.25, 0.3) is 0 Å². The van der Waals surface area contributed by atoms with Crippen LogP contribution in [0.4, 0.5) is 5.69 Å². The number of rotatable bonds is 4. The molecule has 3 rings (SSSR count). The number of fused-ring (bicyclic) bond motifs is 1. The molecule has 0 bridgehead atoms. The van der Waals surface area contributed by atoms with Gasteiger partial charge in [0.15, 0.2) is 0 Å². The second kappa shape index (κ2) is 7.55. The fourth-order valence-electron chi connectivity index (χ4n) is 2.29. The lowest BCUT2D eigenvalue weighted by molar-refractivity contribution is -0.113. The average Bonchev–Trinajstić information content (AvgIpc) is 2.53. The lowest BCUT2D eigenvalue weighted by Gasteiger charge is -2.09. The summed E-state index contributed by atoms with van der Waals surface area (Å²) in [6.07, 6.45) is 0. The lowest BCUT2D eigenvalue weighted by atomic mass is 10.1. The maximum absolute atomic E-state index is 12.2. The number of hydrogen-bond acceptors (Lipinski definition) is 2. The monoisotopic (exact) mass is 453 g/mol. The Hall–Kier alpha value is -1.24. The Kier molecular flexibility index (Phi) is 5.46. The molecule has 3 aromatic rings. The van der Waals surface area contributed by atoms with Crippen molar-refractivity contribution in [2.45, 2.75) is 4.90 Å². The predicted molar refractivity (Wildman–Crippen MR) is 107 cm³/mol. The molecule has 0 fully saturated rings. The summed E-state index contributed by atoms with van der Waals surface area (Å²) in [5, 5.41) is 5.72. The summed E-state index contributed by atoms with van der Waals surface area (Å²) < 4.78 is 1.09. The van der Waals surface area contributed by atoms with E-state index < -0.39 is 0 Å². The van der Waals surface area contributed by atoms with Gasteiger partial charge >= 0.3 is 0 Å². The van der Waals surface area contributed by atoms with Crippen molar-refractivity contribution in [2.75, 3.05) is 11.1 Å². The van der Waals surface area contributed by atoms with Crippen molar-refractivity contribution < 1.29 is 4.79 Å². The maximum Gasteiger partial charge on any atom is 0.234 e. The largest absolute Gasteiger partial charge is 0.325 e. The zero-order valence-electron chi connectivity index (χ0n) is 12.1. The molecule has 3 aromatic carbocycles. The van der Waals surface area contributed by atoms with Gasteiger partial charge in [-0.3, -0.25) is 4.79 Å². The number of anilines is 1. The Morgan fingerprint density at radius 2 is 1.83 bits per heavy atom.